The highest BCUT2D eigenvalue weighted by Crippen LogP contribution is 2.21. The summed E-state index contributed by atoms with van der Waals surface area (Å²) in [5.74, 6) is 0.684. The molecule has 78 valence electrons. The first kappa shape index (κ1) is 11.6. The second-order valence-electron chi connectivity index (χ2n) is 3.93. The van der Waals surface area contributed by atoms with Crippen LogP contribution in [-0.4, -0.2) is 6.54 Å². The Morgan fingerprint density at radius 3 is 2.64 bits per heavy atom. The smallest absolute Gasteiger partial charge is 0.0373 e. The van der Waals surface area contributed by atoms with Gasteiger partial charge >= 0.3 is 0 Å². The summed E-state index contributed by atoms with van der Waals surface area (Å²) < 4.78 is 1.16. The second-order valence-corrected chi connectivity index (χ2v) is 4.85. The lowest BCUT2D eigenvalue weighted by molar-refractivity contribution is 0.688. The molecule has 0 saturated carbocycles. The number of hydrogen-bond donors (Lipinski definition) is 1. The predicted octanol–water partition coefficient (Wildman–Crippen LogP) is 4.08. The zero-order chi connectivity index (χ0) is 10.6. The van der Waals surface area contributed by atoms with Crippen molar-refractivity contribution in [3.05, 3.63) is 28.2 Å². The number of nitrogens with one attached hydrogen (secondary N) is 1. The fraction of sp³-hybridized carbons (Fsp3) is 0.500. The molecule has 14 heavy (non-hydrogen) atoms. The molecule has 0 spiro atoms. The quantitative estimate of drug-likeness (QED) is 0.855. The normalized spacial score (nSPS) is 10.6. The monoisotopic (exact) mass is 255 g/mol. The van der Waals surface area contributed by atoms with Gasteiger partial charge in [-0.1, -0.05) is 36.7 Å². The number of aryl methyl sites for hydroxylation is 1. The lowest BCUT2D eigenvalue weighted by atomic mass is 10.1. The van der Waals surface area contributed by atoms with Crippen LogP contribution in [-0.2, 0) is 6.42 Å². The van der Waals surface area contributed by atoms with E-state index in [4.69, 9.17) is 0 Å². The van der Waals surface area contributed by atoms with Crippen molar-refractivity contribution in [2.75, 3.05) is 11.9 Å². The molecule has 1 nitrogen and oxygen atoms in total. The molecule has 0 aliphatic carbocycles. The average molecular weight is 256 g/mol. The minimum Gasteiger partial charge on any atom is -0.385 e. The third kappa shape index (κ3) is 3.33. The first-order valence-corrected chi connectivity index (χ1v) is 5.95. The van der Waals surface area contributed by atoms with Gasteiger partial charge in [0.1, 0.15) is 0 Å². The van der Waals surface area contributed by atoms with Crippen molar-refractivity contribution in [2.24, 2.45) is 5.92 Å². The zero-order valence-corrected chi connectivity index (χ0v) is 10.7. The zero-order valence-electron chi connectivity index (χ0n) is 9.10. The fourth-order valence-corrected chi connectivity index (χ4v) is 1.75. The van der Waals surface area contributed by atoms with Crippen LogP contribution in [0.2, 0.25) is 0 Å². The van der Waals surface area contributed by atoms with Gasteiger partial charge < -0.3 is 5.32 Å². The summed E-state index contributed by atoms with van der Waals surface area (Å²) >= 11 is 3.49. The lowest BCUT2D eigenvalue weighted by Crippen LogP contribution is -2.09. The molecule has 0 fully saturated rings. The molecule has 0 aliphatic rings. The summed E-state index contributed by atoms with van der Waals surface area (Å²) in [6.45, 7) is 7.66. The van der Waals surface area contributed by atoms with Crippen LogP contribution < -0.4 is 5.32 Å². The van der Waals surface area contributed by atoms with E-state index in [1.807, 2.05) is 0 Å². The van der Waals surface area contributed by atoms with E-state index in [0.717, 1.165) is 17.4 Å². The topological polar surface area (TPSA) is 12.0 Å². The Balaban J connectivity index is 2.75. The van der Waals surface area contributed by atoms with Crippen molar-refractivity contribution >= 4 is 21.6 Å². The van der Waals surface area contributed by atoms with Gasteiger partial charge in [-0.15, -0.1) is 0 Å². The largest absolute Gasteiger partial charge is 0.385 e. The molecule has 1 aromatic rings. The summed E-state index contributed by atoms with van der Waals surface area (Å²) in [7, 11) is 0. The third-order valence-electron chi connectivity index (χ3n) is 2.15. The van der Waals surface area contributed by atoms with Crippen molar-refractivity contribution in [1.82, 2.24) is 0 Å². The number of hydrogen-bond acceptors (Lipinski definition) is 1. The van der Waals surface area contributed by atoms with E-state index in [2.05, 4.69) is 60.2 Å². The minimum atomic E-state index is 0.684. The van der Waals surface area contributed by atoms with Gasteiger partial charge in [-0.3, -0.25) is 0 Å². The van der Waals surface area contributed by atoms with Crippen molar-refractivity contribution < 1.29 is 0 Å². The van der Waals surface area contributed by atoms with Gasteiger partial charge in [0.2, 0.25) is 0 Å². The predicted molar refractivity (Wildman–Crippen MR) is 66.8 cm³/mol. The highest BCUT2D eigenvalue weighted by molar-refractivity contribution is 9.10. The molecule has 1 rings (SSSR count). The van der Waals surface area contributed by atoms with Gasteiger partial charge in [-0.2, -0.15) is 0 Å². The van der Waals surface area contributed by atoms with Crippen LogP contribution in [0.15, 0.2) is 22.7 Å². The minimum absolute atomic E-state index is 0.684. The highest BCUT2D eigenvalue weighted by Gasteiger charge is 2.01. The lowest BCUT2D eigenvalue weighted by Gasteiger charge is -2.13. The molecule has 2 heteroatoms. The van der Waals surface area contributed by atoms with Gasteiger partial charge in [0.25, 0.3) is 0 Å². The maximum absolute atomic E-state index is 3.49. The summed E-state index contributed by atoms with van der Waals surface area (Å²) in [4.78, 5) is 0. The first-order valence-electron chi connectivity index (χ1n) is 5.15. The summed E-state index contributed by atoms with van der Waals surface area (Å²) in [5.41, 5.74) is 2.64. The Hall–Kier alpha value is -0.500. The SMILES string of the molecule is CCc1cc(Br)ccc1NCC(C)C. The molecular formula is C12H18BrN. The molecule has 1 aromatic carbocycles. The van der Waals surface area contributed by atoms with Crippen molar-refractivity contribution in [1.29, 1.82) is 0 Å². The Morgan fingerprint density at radius 2 is 2.07 bits per heavy atom. The Bertz CT molecular complexity index is 294. The molecule has 0 aliphatic heterocycles. The summed E-state index contributed by atoms with van der Waals surface area (Å²) in [5, 5.41) is 3.47. The van der Waals surface area contributed by atoms with Gasteiger partial charge in [0.15, 0.2) is 0 Å². The molecule has 0 atom stereocenters. The van der Waals surface area contributed by atoms with E-state index in [1.54, 1.807) is 0 Å². The van der Waals surface area contributed by atoms with Crippen LogP contribution >= 0.6 is 15.9 Å². The molecule has 0 unspecified atom stereocenters. The molecule has 1 N–H and O–H groups in total. The molecular weight excluding hydrogens is 238 g/mol. The number of rotatable bonds is 4. The molecule has 0 radical (unpaired) electrons. The highest BCUT2D eigenvalue weighted by atomic mass is 79.9. The molecule has 0 aromatic heterocycles. The van der Waals surface area contributed by atoms with Crippen molar-refractivity contribution in [2.45, 2.75) is 27.2 Å². The number of anilines is 1. The maximum atomic E-state index is 3.49. The number of benzene rings is 1. The standard InChI is InChI=1S/C12H18BrN/c1-4-10-7-11(13)5-6-12(10)14-8-9(2)3/h5-7,9,14H,4,8H2,1-3H3. The van der Waals surface area contributed by atoms with Gasteiger partial charge in [0, 0.05) is 16.7 Å². The van der Waals surface area contributed by atoms with E-state index in [0.29, 0.717) is 5.92 Å². The van der Waals surface area contributed by atoms with Crippen LogP contribution in [0.5, 0.6) is 0 Å². The number of halogens is 1. The van der Waals surface area contributed by atoms with Crippen LogP contribution in [0.3, 0.4) is 0 Å². The van der Waals surface area contributed by atoms with Crippen molar-refractivity contribution in [3.63, 3.8) is 0 Å². The van der Waals surface area contributed by atoms with Crippen LogP contribution in [0, 0.1) is 5.92 Å². The second kappa shape index (κ2) is 5.40. The molecule has 0 heterocycles. The molecule has 0 saturated heterocycles. The van der Waals surface area contributed by atoms with E-state index in [9.17, 15) is 0 Å². The Labute approximate surface area is 95.0 Å². The van der Waals surface area contributed by atoms with E-state index in [1.165, 1.54) is 11.3 Å². The summed E-state index contributed by atoms with van der Waals surface area (Å²) in [6.07, 6.45) is 1.07. The van der Waals surface area contributed by atoms with E-state index >= 15 is 0 Å². The van der Waals surface area contributed by atoms with Gasteiger partial charge in [0.05, 0.1) is 0 Å². The maximum Gasteiger partial charge on any atom is 0.0373 e. The van der Waals surface area contributed by atoms with Crippen molar-refractivity contribution in [3.8, 4) is 0 Å². The first-order chi connectivity index (χ1) is 6.63. The van der Waals surface area contributed by atoms with Gasteiger partial charge in [-0.25, -0.2) is 0 Å². The Kier molecular flexibility index (Phi) is 4.46. The van der Waals surface area contributed by atoms with E-state index in [-0.39, 0.29) is 0 Å². The third-order valence-corrected chi connectivity index (χ3v) is 2.64. The van der Waals surface area contributed by atoms with Crippen LogP contribution in [0.1, 0.15) is 26.3 Å². The molecule has 0 bridgehead atoms. The van der Waals surface area contributed by atoms with E-state index < -0.39 is 0 Å². The Morgan fingerprint density at radius 1 is 1.36 bits per heavy atom. The summed E-state index contributed by atoms with van der Waals surface area (Å²) in [6, 6.07) is 6.41. The fourth-order valence-electron chi connectivity index (χ4n) is 1.34. The van der Waals surface area contributed by atoms with Crippen LogP contribution in [0.4, 0.5) is 5.69 Å². The van der Waals surface area contributed by atoms with Gasteiger partial charge in [-0.05, 0) is 36.1 Å². The average Bonchev–Trinajstić information content (AvgIpc) is 2.15. The molecule has 0 amide bonds. The van der Waals surface area contributed by atoms with Crippen LogP contribution in [0.25, 0.3) is 0 Å².